The lowest BCUT2D eigenvalue weighted by Crippen LogP contribution is -2.31. The molecule has 0 aliphatic rings. The largest absolute Gasteiger partial charge is 0.281 e. The predicted molar refractivity (Wildman–Crippen MR) is 60.8 cm³/mol. The van der Waals surface area contributed by atoms with Crippen LogP contribution >= 0.6 is 0 Å². The molecule has 0 aliphatic carbocycles. The molecule has 12 heteroatoms. The zero-order valence-electron chi connectivity index (χ0n) is 10.0. The molecular weight excluding hydrogens is 240 g/mol. The van der Waals surface area contributed by atoms with E-state index in [4.69, 9.17) is 11.7 Å². The third-order valence-corrected chi connectivity index (χ3v) is 2.18. The summed E-state index contributed by atoms with van der Waals surface area (Å²) in [5.74, 6) is 12.1. The second-order valence-electron chi connectivity index (χ2n) is 3.63. The Morgan fingerprint density at radius 3 is 1.61 bits per heavy atom. The number of nitrogens with zero attached hydrogens (tertiary/aromatic N) is 10. The van der Waals surface area contributed by atoms with Crippen molar-refractivity contribution in [1.29, 1.82) is 0 Å². The van der Waals surface area contributed by atoms with Gasteiger partial charge in [0.15, 0.2) is 0 Å². The second kappa shape index (κ2) is 4.89. The molecule has 2 rings (SSSR count). The molecule has 0 aliphatic heterocycles. The van der Waals surface area contributed by atoms with Crippen molar-refractivity contribution in [3.05, 3.63) is 0 Å². The molecule has 0 bridgehead atoms. The Morgan fingerprint density at radius 2 is 1.28 bits per heavy atom. The van der Waals surface area contributed by atoms with Crippen molar-refractivity contribution in [1.82, 2.24) is 40.4 Å². The van der Waals surface area contributed by atoms with Gasteiger partial charge in [-0.2, -0.15) is 0 Å². The van der Waals surface area contributed by atoms with Gasteiger partial charge in [-0.1, -0.05) is 10.2 Å². The van der Waals surface area contributed by atoms with Gasteiger partial charge in [0.2, 0.25) is 0 Å². The smallest absolute Gasteiger partial charge is 0.259 e. The van der Waals surface area contributed by atoms with Gasteiger partial charge in [-0.05, 0) is 20.9 Å². The molecule has 2 aromatic rings. The summed E-state index contributed by atoms with van der Waals surface area (Å²) in [6, 6.07) is 0. The average molecular weight is 254 g/mol. The summed E-state index contributed by atoms with van der Waals surface area (Å²) in [4.78, 5) is 0. The standard InChI is InChI=1S/C6H14N12/c1-15(7)5-9-11-13-17(5)3-4-18-6(16(2)8)10-12-14-18/h3-4,7-8H2,1-2H3. The first-order valence-corrected chi connectivity index (χ1v) is 5.08. The van der Waals surface area contributed by atoms with Crippen LogP contribution in [0.4, 0.5) is 11.9 Å². The Kier molecular flexibility index (Phi) is 3.29. The Labute approximate surface area is 102 Å². The topological polar surface area (TPSA) is 146 Å². The molecule has 0 saturated carbocycles. The van der Waals surface area contributed by atoms with Gasteiger partial charge in [0.1, 0.15) is 0 Å². The molecule has 2 aromatic heterocycles. The molecular formula is C6H14N12. The molecule has 0 atom stereocenters. The normalized spacial score (nSPS) is 10.7. The van der Waals surface area contributed by atoms with Crippen molar-refractivity contribution in [3.63, 3.8) is 0 Å². The van der Waals surface area contributed by atoms with E-state index in [-0.39, 0.29) is 0 Å². The first kappa shape index (κ1) is 12.1. The van der Waals surface area contributed by atoms with Crippen LogP contribution in [-0.2, 0) is 13.1 Å². The number of hydrazine groups is 2. The molecule has 0 spiro atoms. The molecule has 0 radical (unpaired) electrons. The lowest BCUT2D eigenvalue weighted by atomic mass is 10.6. The summed E-state index contributed by atoms with van der Waals surface area (Å²) >= 11 is 0. The minimum absolute atomic E-state index is 0.450. The van der Waals surface area contributed by atoms with E-state index < -0.39 is 0 Å². The van der Waals surface area contributed by atoms with Crippen LogP contribution in [0.5, 0.6) is 0 Å². The fourth-order valence-corrected chi connectivity index (χ4v) is 1.38. The number of anilines is 2. The first-order valence-electron chi connectivity index (χ1n) is 5.08. The van der Waals surface area contributed by atoms with Gasteiger partial charge < -0.3 is 0 Å². The summed E-state index contributed by atoms with van der Waals surface area (Å²) in [5.41, 5.74) is 0. The SMILES string of the molecule is CN(N)c1nnnn1CCn1nnnc1N(C)N. The van der Waals surface area contributed by atoms with E-state index in [0.717, 1.165) is 0 Å². The van der Waals surface area contributed by atoms with Crippen LogP contribution in [0.3, 0.4) is 0 Å². The van der Waals surface area contributed by atoms with E-state index in [2.05, 4.69) is 31.1 Å². The van der Waals surface area contributed by atoms with Crippen LogP contribution in [-0.4, -0.2) is 54.5 Å². The third kappa shape index (κ3) is 2.33. The van der Waals surface area contributed by atoms with Gasteiger partial charge in [-0.25, -0.2) is 21.0 Å². The maximum Gasteiger partial charge on any atom is 0.259 e. The summed E-state index contributed by atoms with van der Waals surface area (Å²) in [6.45, 7) is 0.936. The molecule has 0 fully saturated rings. The number of tetrazole rings is 2. The lowest BCUT2D eigenvalue weighted by molar-refractivity contribution is 0.479. The minimum Gasteiger partial charge on any atom is -0.281 e. The van der Waals surface area contributed by atoms with Crippen molar-refractivity contribution < 1.29 is 0 Å². The highest BCUT2D eigenvalue weighted by molar-refractivity contribution is 5.23. The summed E-state index contributed by atoms with van der Waals surface area (Å²) in [5, 5.41) is 24.9. The molecule has 18 heavy (non-hydrogen) atoms. The molecule has 98 valence electrons. The second-order valence-corrected chi connectivity index (χ2v) is 3.63. The van der Waals surface area contributed by atoms with Crippen LogP contribution < -0.4 is 21.7 Å². The molecule has 12 nitrogen and oxygen atoms in total. The minimum atomic E-state index is 0.450. The van der Waals surface area contributed by atoms with E-state index >= 15 is 0 Å². The van der Waals surface area contributed by atoms with Crippen LogP contribution in [0.1, 0.15) is 0 Å². The van der Waals surface area contributed by atoms with E-state index in [9.17, 15) is 0 Å². The van der Waals surface area contributed by atoms with Crippen LogP contribution in [0.15, 0.2) is 0 Å². The maximum absolute atomic E-state index is 5.58. The zero-order valence-corrected chi connectivity index (χ0v) is 10.0. The van der Waals surface area contributed by atoms with Crippen molar-refractivity contribution in [3.8, 4) is 0 Å². The fraction of sp³-hybridized carbons (Fsp3) is 0.667. The lowest BCUT2D eigenvalue weighted by Gasteiger charge is -2.12. The fourth-order valence-electron chi connectivity index (χ4n) is 1.38. The number of aromatic nitrogens is 8. The van der Waals surface area contributed by atoms with E-state index in [1.807, 2.05) is 0 Å². The highest BCUT2D eigenvalue weighted by Crippen LogP contribution is 2.05. The van der Waals surface area contributed by atoms with Crippen LogP contribution in [0.25, 0.3) is 0 Å². The monoisotopic (exact) mass is 254 g/mol. The molecule has 4 N–H and O–H groups in total. The van der Waals surface area contributed by atoms with Crippen molar-refractivity contribution >= 4 is 11.9 Å². The number of rotatable bonds is 5. The van der Waals surface area contributed by atoms with Gasteiger partial charge >= 0.3 is 0 Å². The molecule has 0 unspecified atom stereocenters. The van der Waals surface area contributed by atoms with Gasteiger partial charge in [-0.15, -0.1) is 0 Å². The Morgan fingerprint density at radius 1 is 0.889 bits per heavy atom. The zero-order chi connectivity index (χ0) is 13.1. The van der Waals surface area contributed by atoms with Gasteiger partial charge in [-0.3, -0.25) is 10.0 Å². The molecule has 0 amide bonds. The Hall–Kier alpha value is -2.34. The van der Waals surface area contributed by atoms with Crippen molar-refractivity contribution in [2.24, 2.45) is 11.7 Å². The molecule has 0 saturated heterocycles. The Bertz CT molecular complexity index is 450. The first-order chi connectivity index (χ1) is 8.59. The van der Waals surface area contributed by atoms with Crippen molar-refractivity contribution in [2.75, 3.05) is 24.1 Å². The Balaban J connectivity index is 2.07. The average Bonchev–Trinajstić information content (AvgIpc) is 2.94. The summed E-state index contributed by atoms with van der Waals surface area (Å²) < 4.78 is 3.09. The molecule has 2 heterocycles. The number of nitrogens with two attached hydrogens (primary N) is 2. The van der Waals surface area contributed by atoms with Crippen LogP contribution in [0.2, 0.25) is 0 Å². The number of aryl methyl sites for hydroxylation is 2. The van der Waals surface area contributed by atoms with Crippen molar-refractivity contribution in [2.45, 2.75) is 13.1 Å². The van der Waals surface area contributed by atoms with Gasteiger partial charge in [0, 0.05) is 14.1 Å². The maximum atomic E-state index is 5.58. The van der Waals surface area contributed by atoms with E-state index in [1.54, 1.807) is 23.5 Å². The highest BCUT2D eigenvalue weighted by Gasteiger charge is 2.11. The highest BCUT2D eigenvalue weighted by atomic mass is 15.6. The third-order valence-electron chi connectivity index (χ3n) is 2.18. The molecule has 0 aromatic carbocycles. The number of hydrogen-bond acceptors (Lipinski definition) is 10. The number of hydrogen-bond donors (Lipinski definition) is 2. The van der Waals surface area contributed by atoms with Gasteiger partial charge in [0.25, 0.3) is 11.9 Å². The van der Waals surface area contributed by atoms with E-state index in [0.29, 0.717) is 25.0 Å². The van der Waals surface area contributed by atoms with E-state index in [1.165, 1.54) is 10.0 Å². The summed E-state index contributed by atoms with van der Waals surface area (Å²) in [7, 11) is 3.30. The predicted octanol–water partition coefficient (Wildman–Crippen LogP) is -3.02. The van der Waals surface area contributed by atoms with Crippen LogP contribution in [0, 0.1) is 0 Å². The van der Waals surface area contributed by atoms with Gasteiger partial charge in [0.05, 0.1) is 13.1 Å². The summed E-state index contributed by atoms with van der Waals surface area (Å²) in [6.07, 6.45) is 0. The quantitative estimate of drug-likeness (QED) is 0.417.